The number of anilines is 1. The van der Waals surface area contributed by atoms with Crippen molar-refractivity contribution in [1.82, 2.24) is 0 Å². The van der Waals surface area contributed by atoms with Crippen molar-refractivity contribution in [2.45, 2.75) is 6.23 Å². The van der Waals surface area contributed by atoms with E-state index in [2.05, 4.69) is 5.32 Å². The van der Waals surface area contributed by atoms with Gasteiger partial charge in [0.25, 0.3) is 0 Å². The third kappa shape index (κ3) is 1.20. The highest BCUT2D eigenvalue weighted by atomic mass is 16.5. The van der Waals surface area contributed by atoms with Crippen LogP contribution in [0.3, 0.4) is 0 Å². The van der Waals surface area contributed by atoms with Crippen LogP contribution in [0.25, 0.3) is 0 Å². The number of methoxy groups -OCH3 is 1. The highest BCUT2D eigenvalue weighted by molar-refractivity contribution is 5.75. The normalized spacial score (nSPS) is 18.4. The highest BCUT2D eigenvalue weighted by Crippen LogP contribution is 2.38. The van der Waals surface area contributed by atoms with Crippen LogP contribution in [0.4, 0.5) is 5.69 Å². The molecule has 0 bridgehead atoms. The molecule has 0 amide bonds. The summed E-state index contributed by atoms with van der Waals surface area (Å²) in [5, 5.41) is 2.89. The van der Waals surface area contributed by atoms with Crippen molar-refractivity contribution in [3.8, 4) is 11.5 Å². The van der Waals surface area contributed by atoms with Gasteiger partial charge in [0.2, 0.25) is 6.23 Å². The number of hydrogen-bond donors (Lipinski definition) is 1. The third-order valence-corrected chi connectivity index (χ3v) is 1.87. The molecule has 13 heavy (non-hydrogen) atoms. The van der Waals surface area contributed by atoms with Gasteiger partial charge in [0.15, 0.2) is 6.29 Å². The Labute approximate surface area is 75.5 Å². The molecule has 1 unspecified atom stereocenters. The van der Waals surface area contributed by atoms with Crippen molar-refractivity contribution in [2.24, 2.45) is 0 Å². The number of rotatable bonds is 2. The zero-order valence-electron chi connectivity index (χ0n) is 7.11. The first-order chi connectivity index (χ1) is 6.35. The maximum Gasteiger partial charge on any atom is 0.226 e. The van der Waals surface area contributed by atoms with Gasteiger partial charge in [0, 0.05) is 0 Å². The Morgan fingerprint density at radius 3 is 3.15 bits per heavy atom. The lowest BCUT2D eigenvalue weighted by Gasteiger charge is -2.03. The molecule has 2 rings (SSSR count). The first-order valence-corrected chi connectivity index (χ1v) is 3.90. The predicted molar refractivity (Wildman–Crippen MR) is 47.1 cm³/mol. The quantitative estimate of drug-likeness (QED) is 0.688. The molecule has 0 radical (unpaired) electrons. The Hall–Kier alpha value is -1.71. The molecule has 0 saturated heterocycles. The lowest BCUT2D eigenvalue weighted by Crippen LogP contribution is -2.21. The van der Waals surface area contributed by atoms with Crippen LogP contribution in [0.15, 0.2) is 18.2 Å². The van der Waals surface area contributed by atoms with E-state index in [1.807, 2.05) is 12.1 Å². The minimum atomic E-state index is -0.591. The van der Waals surface area contributed by atoms with Gasteiger partial charge in [-0.2, -0.15) is 0 Å². The largest absolute Gasteiger partial charge is 0.494 e. The summed E-state index contributed by atoms with van der Waals surface area (Å²) < 4.78 is 10.3. The van der Waals surface area contributed by atoms with Crippen LogP contribution in [0.5, 0.6) is 11.5 Å². The van der Waals surface area contributed by atoms with Crippen LogP contribution >= 0.6 is 0 Å². The number of ether oxygens (including phenoxy) is 2. The average molecular weight is 179 g/mol. The number of carbonyl (C=O) groups excluding carboxylic acids is 1. The van der Waals surface area contributed by atoms with E-state index in [1.165, 1.54) is 0 Å². The van der Waals surface area contributed by atoms with Gasteiger partial charge in [0.05, 0.1) is 7.11 Å². The van der Waals surface area contributed by atoms with Gasteiger partial charge in [-0.3, -0.25) is 4.79 Å². The minimum Gasteiger partial charge on any atom is -0.494 e. The Kier molecular flexibility index (Phi) is 1.81. The molecule has 1 aromatic carbocycles. The molecule has 4 heteroatoms. The summed E-state index contributed by atoms with van der Waals surface area (Å²) in [7, 11) is 1.57. The SMILES string of the molecule is COc1cccc2c1NC(C=O)O2. The van der Waals surface area contributed by atoms with Crippen molar-refractivity contribution in [3.05, 3.63) is 18.2 Å². The highest BCUT2D eigenvalue weighted by Gasteiger charge is 2.23. The van der Waals surface area contributed by atoms with Gasteiger partial charge in [-0.25, -0.2) is 0 Å². The number of carbonyl (C=O) groups is 1. The van der Waals surface area contributed by atoms with Gasteiger partial charge in [-0.05, 0) is 12.1 Å². The van der Waals surface area contributed by atoms with Crippen molar-refractivity contribution in [2.75, 3.05) is 12.4 Å². The number of nitrogens with one attached hydrogen (secondary N) is 1. The molecule has 1 aromatic rings. The number of para-hydroxylation sites is 1. The van der Waals surface area contributed by atoms with E-state index < -0.39 is 6.23 Å². The van der Waals surface area contributed by atoms with Crippen molar-refractivity contribution < 1.29 is 14.3 Å². The number of fused-ring (bicyclic) bond motifs is 1. The van der Waals surface area contributed by atoms with Crippen LogP contribution in [-0.4, -0.2) is 19.6 Å². The molecule has 1 N–H and O–H groups in total. The smallest absolute Gasteiger partial charge is 0.226 e. The maximum absolute atomic E-state index is 10.4. The molecule has 68 valence electrons. The van der Waals surface area contributed by atoms with E-state index in [9.17, 15) is 4.79 Å². The lowest BCUT2D eigenvalue weighted by atomic mass is 10.3. The Balaban J connectivity index is 2.38. The summed E-state index contributed by atoms with van der Waals surface area (Å²) in [5.41, 5.74) is 0.738. The summed E-state index contributed by atoms with van der Waals surface area (Å²) in [6.45, 7) is 0. The van der Waals surface area contributed by atoms with Crippen LogP contribution in [0.1, 0.15) is 0 Å². The fourth-order valence-corrected chi connectivity index (χ4v) is 1.29. The van der Waals surface area contributed by atoms with Crippen LogP contribution in [0, 0.1) is 0 Å². The maximum atomic E-state index is 10.4. The van der Waals surface area contributed by atoms with Gasteiger partial charge < -0.3 is 14.8 Å². The van der Waals surface area contributed by atoms with E-state index in [0.717, 1.165) is 5.69 Å². The monoisotopic (exact) mass is 179 g/mol. The van der Waals surface area contributed by atoms with Gasteiger partial charge in [-0.15, -0.1) is 0 Å². The summed E-state index contributed by atoms with van der Waals surface area (Å²) in [4.78, 5) is 10.4. The van der Waals surface area contributed by atoms with Crippen molar-refractivity contribution >= 4 is 12.0 Å². The second-order valence-electron chi connectivity index (χ2n) is 2.65. The minimum absolute atomic E-state index is 0.591. The zero-order valence-corrected chi connectivity index (χ0v) is 7.11. The van der Waals surface area contributed by atoms with Gasteiger partial charge >= 0.3 is 0 Å². The predicted octanol–water partition coefficient (Wildman–Crippen LogP) is 1.02. The summed E-state index contributed by atoms with van der Waals surface area (Å²) in [5.74, 6) is 1.33. The molecule has 0 aliphatic carbocycles. The summed E-state index contributed by atoms with van der Waals surface area (Å²) in [6, 6.07) is 5.41. The Morgan fingerprint density at radius 2 is 2.46 bits per heavy atom. The Bertz CT molecular complexity index is 338. The third-order valence-electron chi connectivity index (χ3n) is 1.87. The molecular formula is C9H9NO3. The van der Waals surface area contributed by atoms with Crippen LogP contribution in [-0.2, 0) is 4.79 Å². The Morgan fingerprint density at radius 1 is 1.62 bits per heavy atom. The lowest BCUT2D eigenvalue weighted by molar-refractivity contribution is -0.112. The van der Waals surface area contributed by atoms with E-state index in [-0.39, 0.29) is 0 Å². The number of benzene rings is 1. The first-order valence-electron chi connectivity index (χ1n) is 3.90. The second-order valence-corrected chi connectivity index (χ2v) is 2.65. The van der Waals surface area contributed by atoms with Gasteiger partial charge in [-0.1, -0.05) is 6.07 Å². The van der Waals surface area contributed by atoms with Crippen molar-refractivity contribution in [3.63, 3.8) is 0 Å². The van der Waals surface area contributed by atoms with E-state index in [4.69, 9.17) is 9.47 Å². The zero-order chi connectivity index (χ0) is 9.26. The molecule has 1 aliphatic heterocycles. The molecule has 0 aromatic heterocycles. The topological polar surface area (TPSA) is 47.6 Å². The fourth-order valence-electron chi connectivity index (χ4n) is 1.29. The summed E-state index contributed by atoms with van der Waals surface area (Å²) in [6.07, 6.45) is 0.116. The molecule has 1 atom stereocenters. The van der Waals surface area contributed by atoms with Crippen molar-refractivity contribution in [1.29, 1.82) is 0 Å². The fraction of sp³-hybridized carbons (Fsp3) is 0.222. The summed E-state index contributed by atoms with van der Waals surface area (Å²) >= 11 is 0. The standard InChI is InChI=1S/C9H9NO3/c1-12-6-3-2-4-7-9(6)10-8(5-11)13-7/h2-5,8,10H,1H3. The molecule has 1 heterocycles. The van der Waals surface area contributed by atoms with Crippen LogP contribution in [0.2, 0.25) is 0 Å². The van der Waals surface area contributed by atoms with E-state index >= 15 is 0 Å². The second kappa shape index (κ2) is 2.97. The number of aldehydes is 1. The molecule has 0 saturated carbocycles. The number of hydrogen-bond acceptors (Lipinski definition) is 4. The molecule has 0 fully saturated rings. The van der Waals surface area contributed by atoms with E-state index in [1.54, 1.807) is 13.2 Å². The van der Waals surface area contributed by atoms with E-state index in [0.29, 0.717) is 17.8 Å². The molecule has 4 nitrogen and oxygen atoms in total. The molecule has 0 spiro atoms. The molecule has 1 aliphatic rings. The van der Waals surface area contributed by atoms with Gasteiger partial charge in [0.1, 0.15) is 17.2 Å². The molecular weight excluding hydrogens is 170 g/mol. The first kappa shape index (κ1) is 7.91. The van der Waals surface area contributed by atoms with Crippen LogP contribution < -0.4 is 14.8 Å². The average Bonchev–Trinajstić information content (AvgIpc) is 2.59.